The Labute approximate surface area is 258 Å². The number of fused-ring (bicyclic) bond motifs is 3. The molecule has 0 bridgehead atoms. The third kappa shape index (κ3) is 5.19. The van der Waals surface area contributed by atoms with Gasteiger partial charge in [-0.15, -0.1) is 11.3 Å². The summed E-state index contributed by atoms with van der Waals surface area (Å²) in [6.07, 6.45) is 4.58. The Kier molecular flexibility index (Phi) is 7.71. The van der Waals surface area contributed by atoms with Crippen LogP contribution in [0.2, 0.25) is 0 Å². The van der Waals surface area contributed by atoms with Gasteiger partial charge >= 0.3 is 0 Å². The second-order valence-corrected chi connectivity index (χ2v) is 11.9. The van der Waals surface area contributed by atoms with Gasteiger partial charge in [0.05, 0.1) is 36.4 Å². The molecular weight excluding hydrogens is 579 g/mol. The molecule has 8 nitrogen and oxygen atoms in total. The number of pyridine rings is 1. The predicted octanol–water partition coefficient (Wildman–Crippen LogP) is 6.17. The average Bonchev–Trinajstić information content (AvgIpc) is 3.71. The third-order valence-corrected chi connectivity index (χ3v) is 9.24. The number of hydrogen-bond donors (Lipinski definition) is 1. The van der Waals surface area contributed by atoms with Crippen molar-refractivity contribution in [1.82, 2.24) is 20.2 Å². The molecule has 0 unspecified atom stereocenters. The summed E-state index contributed by atoms with van der Waals surface area (Å²) >= 11 is 1.51. The first-order valence-corrected chi connectivity index (χ1v) is 15.4. The van der Waals surface area contributed by atoms with Crippen LogP contribution in [0, 0.1) is 5.82 Å². The van der Waals surface area contributed by atoms with Crippen molar-refractivity contribution in [2.45, 2.75) is 25.9 Å². The molecule has 2 aromatic carbocycles. The third-order valence-electron chi connectivity index (χ3n) is 8.15. The molecule has 0 fully saturated rings. The van der Waals surface area contributed by atoms with E-state index in [9.17, 15) is 9.18 Å². The lowest BCUT2D eigenvalue weighted by atomic mass is 9.94. The lowest BCUT2D eigenvalue weighted by Gasteiger charge is -2.24. The summed E-state index contributed by atoms with van der Waals surface area (Å²) < 4.78 is 32.0. The summed E-state index contributed by atoms with van der Waals surface area (Å²) in [5.74, 6) is -0.153. The van der Waals surface area contributed by atoms with E-state index < -0.39 is 5.82 Å². The van der Waals surface area contributed by atoms with Crippen molar-refractivity contribution in [3.63, 3.8) is 0 Å². The summed E-state index contributed by atoms with van der Waals surface area (Å²) in [6.45, 7) is 7.06. The molecule has 3 aromatic heterocycles. The summed E-state index contributed by atoms with van der Waals surface area (Å²) in [5, 5.41) is 4.98. The maximum atomic E-state index is 14.6. The van der Waals surface area contributed by atoms with Crippen molar-refractivity contribution >= 4 is 28.2 Å². The molecule has 0 spiro atoms. The molecule has 0 saturated heterocycles. The number of benzene rings is 2. The number of ether oxygens (including phenoxy) is 2. The van der Waals surface area contributed by atoms with Gasteiger partial charge in [0, 0.05) is 54.1 Å². The quantitative estimate of drug-likeness (QED) is 0.166. The minimum absolute atomic E-state index is 0.101. The number of furan rings is 1. The molecule has 0 saturated carbocycles. The van der Waals surface area contributed by atoms with Crippen LogP contribution in [0.15, 0.2) is 65.8 Å². The number of nitrogens with one attached hydrogen (secondary N) is 1. The number of nitrogens with zero attached hydrogens (tertiary/aromatic N) is 3. The molecule has 7 rings (SSSR count). The van der Waals surface area contributed by atoms with Crippen molar-refractivity contribution < 1.29 is 23.1 Å². The number of hydrogen-bond acceptors (Lipinski definition) is 8. The van der Waals surface area contributed by atoms with Crippen LogP contribution in [-0.2, 0) is 35.5 Å². The lowest BCUT2D eigenvalue weighted by molar-refractivity contribution is -0.126. The maximum absolute atomic E-state index is 14.6. The van der Waals surface area contributed by atoms with Crippen LogP contribution >= 0.6 is 11.3 Å². The minimum Gasteiger partial charge on any atom is -0.490 e. The largest absolute Gasteiger partial charge is 0.490 e. The van der Waals surface area contributed by atoms with Gasteiger partial charge in [0.1, 0.15) is 34.5 Å². The van der Waals surface area contributed by atoms with Crippen molar-refractivity contribution in [2.24, 2.45) is 0 Å². The second kappa shape index (κ2) is 12.0. The highest BCUT2D eigenvalue weighted by atomic mass is 32.1. The van der Waals surface area contributed by atoms with E-state index in [1.54, 1.807) is 24.3 Å². The fraction of sp³-hybridized carbons (Fsp3) is 0.265. The van der Waals surface area contributed by atoms with E-state index in [0.717, 1.165) is 46.7 Å². The van der Waals surface area contributed by atoms with Gasteiger partial charge in [0.2, 0.25) is 5.91 Å². The van der Waals surface area contributed by atoms with Crippen LogP contribution in [0.5, 0.6) is 5.75 Å². The highest BCUT2D eigenvalue weighted by molar-refractivity contribution is 7.15. The zero-order valence-corrected chi connectivity index (χ0v) is 25.1. The van der Waals surface area contributed by atoms with Crippen LogP contribution in [0.25, 0.3) is 44.1 Å². The first-order chi connectivity index (χ1) is 21.5. The minimum atomic E-state index is -0.414. The second-order valence-electron chi connectivity index (χ2n) is 10.8. The molecule has 0 radical (unpaired) electrons. The SMILES string of the molecule is C=CC(=O)N1CCc2nc(-c3nc(-c4ccc5c(c4)CCNC5)c4ccoc4c3-c3ccc(F)cc3OCCOC)sc2C1. The highest BCUT2D eigenvalue weighted by Crippen LogP contribution is 2.46. The van der Waals surface area contributed by atoms with E-state index in [0.29, 0.717) is 59.3 Å². The van der Waals surface area contributed by atoms with Gasteiger partial charge in [-0.1, -0.05) is 18.7 Å². The fourth-order valence-corrected chi connectivity index (χ4v) is 7.06. The van der Waals surface area contributed by atoms with E-state index in [2.05, 4.69) is 30.1 Å². The topological polar surface area (TPSA) is 89.7 Å². The summed E-state index contributed by atoms with van der Waals surface area (Å²) in [7, 11) is 1.59. The zero-order valence-electron chi connectivity index (χ0n) is 24.3. The van der Waals surface area contributed by atoms with Gasteiger partial charge in [0.25, 0.3) is 0 Å². The number of carbonyl (C=O) groups is 1. The van der Waals surface area contributed by atoms with Crippen molar-refractivity contribution in [3.8, 4) is 38.8 Å². The molecule has 2 aliphatic rings. The van der Waals surface area contributed by atoms with Crippen LogP contribution in [0.4, 0.5) is 4.39 Å². The van der Waals surface area contributed by atoms with Crippen LogP contribution in [-0.4, -0.2) is 54.2 Å². The monoisotopic (exact) mass is 610 g/mol. The number of carbonyl (C=O) groups excluding carboxylic acids is 1. The Morgan fingerprint density at radius 3 is 2.91 bits per heavy atom. The molecule has 44 heavy (non-hydrogen) atoms. The smallest absolute Gasteiger partial charge is 0.246 e. The molecule has 10 heteroatoms. The predicted molar refractivity (Wildman–Crippen MR) is 168 cm³/mol. The molecule has 5 aromatic rings. The van der Waals surface area contributed by atoms with E-state index in [-0.39, 0.29) is 12.5 Å². The van der Waals surface area contributed by atoms with E-state index in [4.69, 9.17) is 23.9 Å². The number of thiazole rings is 1. The Bertz CT molecular complexity index is 1900. The van der Waals surface area contributed by atoms with Crippen LogP contribution in [0.1, 0.15) is 21.7 Å². The van der Waals surface area contributed by atoms with E-state index in [1.165, 1.54) is 40.7 Å². The van der Waals surface area contributed by atoms with Crippen molar-refractivity contribution in [1.29, 1.82) is 0 Å². The number of amides is 1. The number of rotatable bonds is 8. The normalized spacial score (nSPS) is 14.4. The van der Waals surface area contributed by atoms with Gasteiger partial charge in [-0.05, 0) is 54.4 Å². The first kappa shape index (κ1) is 28.4. The van der Waals surface area contributed by atoms with E-state index in [1.807, 2.05) is 6.07 Å². The molecule has 0 atom stereocenters. The summed E-state index contributed by atoms with van der Waals surface area (Å²) in [4.78, 5) is 25.5. The molecule has 224 valence electrons. The number of aromatic nitrogens is 2. The van der Waals surface area contributed by atoms with Gasteiger partial charge in [-0.25, -0.2) is 14.4 Å². The summed E-state index contributed by atoms with van der Waals surface area (Å²) in [5.41, 5.74) is 7.86. The number of halogens is 1. The van der Waals surface area contributed by atoms with Gasteiger partial charge in [0.15, 0.2) is 0 Å². The molecule has 1 N–H and O–H groups in total. The van der Waals surface area contributed by atoms with Crippen molar-refractivity contribution in [2.75, 3.05) is 33.4 Å². The first-order valence-electron chi connectivity index (χ1n) is 14.6. The van der Waals surface area contributed by atoms with Gasteiger partial charge in [-0.3, -0.25) is 4.79 Å². The van der Waals surface area contributed by atoms with Gasteiger partial charge < -0.3 is 24.1 Å². The van der Waals surface area contributed by atoms with Crippen LogP contribution in [0.3, 0.4) is 0 Å². The fourth-order valence-electron chi connectivity index (χ4n) is 5.95. The highest BCUT2D eigenvalue weighted by Gasteiger charge is 2.28. The average molecular weight is 611 g/mol. The summed E-state index contributed by atoms with van der Waals surface area (Å²) in [6, 6.07) is 12.9. The van der Waals surface area contributed by atoms with Crippen molar-refractivity contribution in [3.05, 3.63) is 88.9 Å². The Hall–Kier alpha value is -4.38. The Balaban J connectivity index is 1.44. The standard InChI is InChI=1S/C34H31FN4O4S/c1-3-29(40)39-12-9-26-28(19-39)44-34(37-26)32-30(24-7-6-23(35)17-27(24)42-15-14-41-2)33-25(10-13-43-33)31(38-32)21-4-5-22-18-36-11-8-20(22)16-21/h3-7,10,13,16-17,36H,1,8-9,11-12,14-15,18-19H2,2H3. The Morgan fingerprint density at radius 1 is 1.14 bits per heavy atom. The van der Waals surface area contributed by atoms with Crippen LogP contribution < -0.4 is 10.1 Å². The van der Waals surface area contributed by atoms with Gasteiger partial charge in [-0.2, -0.15) is 0 Å². The van der Waals surface area contributed by atoms with E-state index >= 15 is 0 Å². The lowest BCUT2D eigenvalue weighted by Crippen LogP contribution is -2.34. The maximum Gasteiger partial charge on any atom is 0.246 e. The number of methoxy groups -OCH3 is 1. The molecular formula is C34H31FN4O4S. The Morgan fingerprint density at radius 2 is 2.05 bits per heavy atom. The molecule has 2 aliphatic heterocycles. The molecule has 0 aliphatic carbocycles. The zero-order chi connectivity index (χ0) is 30.2. The molecule has 1 amide bonds. The molecule has 5 heterocycles.